The number of nitrogens with zero attached hydrogens (tertiary/aromatic N) is 1. The number of imide groups is 1. The van der Waals surface area contributed by atoms with Crippen LogP contribution in [0.25, 0.3) is 0 Å². The van der Waals surface area contributed by atoms with Crippen LogP contribution in [-0.2, 0) is 14.3 Å². The van der Waals surface area contributed by atoms with Gasteiger partial charge in [0, 0.05) is 11.4 Å². The summed E-state index contributed by atoms with van der Waals surface area (Å²) in [7, 11) is 0. The van der Waals surface area contributed by atoms with Crippen molar-refractivity contribution in [1.82, 2.24) is 10.2 Å². The van der Waals surface area contributed by atoms with Crippen LogP contribution in [0.5, 0.6) is 0 Å². The summed E-state index contributed by atoms with van der Waals surface area (Å²) < 4.78 is 5.52. The average Bonchev–Trinajstić information content (AvgIpc) is 2.87. The highest BCUT2D eigenvalue weighted by molar-refractivity contribution is 6.30. The number of carbonyl (C=O) groups is 3. The quantitative estimate of drug-likeness (QED) is 0.458. The minimum Gasteiger partial charge on any atom is -0.440 e. The summed E-state index contributed by atoms with van der Waals surface area (Å²) in [5.74, 6) is -1.51. The van der Waals surface area contributed by atoms with E-state index in [0.717, 1.165) is 10.5 Å². The zero-order valence-electron chi connectivity index (χ0n) is 14.2. The van der Waals surface area contributed by atoms with Crippen molar-refractivity contribution in [3.63, 3.8) is 0 Å². The molecule has 0 bridgehead atoms. The van der Waals surface area contributed by atoms with E-state index in [-0.39, 0.29) is 18.9 Å². The first kappa shape index (κ1) is 19.0. The molecule has 134 valence electrons. The van der Waals surface area contributed by atoms with Crippen molar-refractivity contribution in [3.8, 4) is 0 Å². The molecule has 1 aromatic carbocycles. The molecule has 0 aromatic heterocycles. The predicted molar refractivity (Wildman–Crippen MR) is 94.0 cm³/mol. The van der Waals surface area contributed by atoms with Crippen LogP contribution in [-0.4, -0.2) is 35.6 Å². The third kappa shape index (κ3) is 4.39. The van der Waals surface area contributed by atoms with Crippen LogP contribution in [0.2, 0.25) is 5.02 Å². The summed E-state index contributed by atoms with van der Waals surface area (Å²) in [5.41, 5.74) is 0.763. The number of benzene rings is 1. The molecule has 25 heavy (non-hydrogen) atoms. The van der Waals surface area contributed by atoms with Crippen LogP contribution < -0.4 is 5.32 Å². The largest absolute Gasteiger partial charge is 0.440 e. The number of amides is 3. The topological polar surface area (TPSA) is 75.7 Å². The lowest BCUT2D eigenvalue weighted by molar-refractivity contribution is -0.161. The Morgan fingerprint density at radius 2 is 2.00 bits per heavy atom. The van der Waals surface area contributed by atoms with Crippen LogP contribution in [0.4, 0.5) is 4.79 Å². The summed E-state index contributed by atoms with van der Waals surface area (Å²) >= 11 is 5.90. The highest BCUT2D eigenvalue weighted by Crippen LogP contribution is 2.28. The van der Waals surface area contributed by atoms with Gasteiger partial charge in [-0.05, 0) is 23.6 Å². The summed E-state index contributed by atoms with van der Waals surface area (Å²) in [6, 6.07) is 6.38. The third-order valence-corrected chi connectivity index (χ3v) is 4.19. The van der Waals surface area contributed by atoms with Crippen LogP contribution in [0.1, 0.15) is 31.7 Å². The van der Waals surface area contributed by atoms with Gasteiger partial charge >= 0.3 is 12.0 Å². The number of carbonyl (C=O) groups excluding carboxylic acids is 3. The standard InChI is InChI=1S/C18H21ClN2O4/c1-4-5-15(21-14(22)10-20-18(21)24)25-17(23)16(11(2)3)12-6-8-13(19)9-7-12/h4,6-9,11,15-16H,1,5,10H2,2-3H3,(H,20,24). The lowest BCUT2D eigenvalue weighted by Crippen LogP contribution is -2.44. The van der Waals surface area contributed by atoms with Gasteiger partial charge in [0.2, 0.25) is 0 Å². The molecule has 0 saturated carbocycles. The number of halogens is 1. The van der Waals surface area contributed by atoms with Crippen molar-refractivity contribution in [2.24, 2.45) is 5.92 Å². The Bertz CT molecular complexity index is 656. The van der Waals surface area contributed by atoms with E-state index in [1.165, 1.54) is 6.08 Å². The van der Waals surface area contributed by atoms with Gasteiger partial charge in [0.15, 0.2) is 6.23 Å². The minimum atomic E-state index is -1.01. The highest BCUT2D eigenvalue weighted by Gasteiger charge is 2.38. The zero-order valence-corrected chi connectivity index (χ0v) is 15.0. The average molecular weight is 365 g/mol. The highest BCUT2D eigenvalue weighted by atomic mass is 35.5. The molecule has 6 nitrogen and oxygen atoms in total. The Labute approximate surface area is 151 Å². The molecule has 3 amide bonds. The molecule has 0 aliphatic carbocycles. The molecule has 2 atom stereocenters. The molecule has 1 aliphatic rings. The molecule has 1 fully saturated rings. The molecule has 1 saturated heterocycles. The Balaban J connectivity index is 2.22. The monoisotopic (exact) mass is 364 g/mol. The van der Waals surface area contributed by atoms with Crippen LogP contribution in [0, 0.1) is 5.92 Å². The smallest absolute Gasteiger partial charge is 0.327 e. The second-order valence-corrected chi connectivity index (χ2v) is 6.55. The molecule has 1 aliphatic heterocycles. The molecular weight excluding hydrogens is 344 g/mol. The first-order valence-corrected chi connectivity index (χ1v) is 8.39. The number of ether oxygens (including phenoxy) is 1. The third-order valence-electron chi connectivity index (χ3n) is 3.94. The van der Waals surface area contributed by atoms with Gasteiger partial charge in [0.1, 0.15) is 0 Å². The summed E-state index contributed by atoms with van der Waals surface area (Å²) in [4.78, 5) is 37.4. The van der Waals surface area contributed by atoms with Crippen LogP contribution in [0.3, 0.4) is 0 Å². The molecule has 0 radical (unpaired) electrons. The molecule has 2 unspecified atom stereocenters. The van der Waals surface area contributed by atoms with Crippen molar-refractivity contribution >= 4 is 29.5 Å². The van der Waals surface area contributed by atoms with E-state index >= 15 is 0 Å². The number of hydrogen-bond acceptors (Lipinski definition) is 4. The Kier molecular flexibility index (Phi) is 6.20. The molecule has 1 heterocycles. The summed E-state index contributed by atoms with van der Waals surface area (Å²) in [5, 5.41) is 2.99. The van der Waals surface area contributed by atoms with Gasteiger partial charge in [-0.3, -0.25) is 9.59 Å². The number of urea groups is 1. The van der Waals surface area contributed by atoms with Gasteiger partial charge < -0.3 is 10.1 Å². The number of esters is 1. The SMILES string of the molecule is C=CCC(OC(=O)C(c1ccc(Cl)cc1)C(C)C)N1C(=O)CNC1=O. The lowest BCUT2D eigenvalue weighted by atomic mass is 9.88. The molecule has 1 aromatic rings. The molecule has 1 N–H and O–H groups in total. The van der Waals surface area contributed by atoms with E-state index in [0.29, 0.717) is 5.02 Å². The van der Waals surface area contributed by atoms with Crippen molar-refractivity contribution < 1.29 is 19.1 Å². The molecule has 7 heteroatoms. The van der Waals surface area contributed by atoms with E-state index in [9.17, 15) is 14.4 Å². The van der Waals surface area contributed by atoms with Gasteiger partial charge in [-0.1, -0.05) is 43.7 Å². The van der Waals surface area contributed by atoms with Gasteiger partial charge in [-0.15, -0.1) is 6.58 Å². The van der Waals surface area contributed by atoms with E-state index in [1.807, 2.05) is 13.8 Å². The normalized spacial score (nSPS) is 16.6. The maximum absolute atomic E-state index is 12.8. The maximum atomic E-state index is 12.8. The fourth-order valence-corrected chi connectivity index (χ4v) is 2.87. The van der Waals surface area contributed by atoms with Crippen molar-refractivity contribution in [2.45, 2.75) is 32.4 Å². The van der Waals surface area contributed by atoms with Gasteiger partial charge in [-0.25, -0.2) is 9.69 Å². The fourth-order valence-electron chi connectivity index (χ4n) is 2.75. The van der Waals surface area contributed by atoms with Crippen LogP contribution in [0.15, 0.2) is 36.9 Å². The first-order valence-electron chi connectivity index (χ1n) is 8.02. The fraction of sp³-hybridized carbons (Fsp3) is 0.389. The maximum Gasteiger partial charge on any atom is 0.327 e. The van der Waals surface area contributed by atoms with Gasteiger partial charge in [0.25, 0.3) is 5.91 Å². The number of rotatable bonds is 7. The molecular formula is C18H21ClN2O4. The van der Waals surface area contributed by atoms with Crippen molar-refractivity contribution in [2.75, 3.05) is 6.54 Å². The Morgan fingerprint density at radius 1 is 1.36 bits per heavy atom. The Hall–Kier alpha value is -2.34. The number of nitrogens with one attached hydrogen (secondary N) is 1. The van der Waals surface area contributed by atoms with E-state index < -0.39 is 30.1 Å². The minimum absolute atomic E-state index is 0.0406. The van der Waals surface area contributed by atoms with Crippen molar-refractivity contribution in [3.05, 3.63) is 47.5 Å². The van der Waals surface area contributed by atoms with Crippen molar-refractivity contribution in [1.29, 1.82) is 0 Å². The Morgan fingerprint density at radius 3 is 2.48 bits per heavy atom. The summed E-state index contributed by atoms with van der Waals surface area (Å²) in [6.07, 6.45) is 0.661. The van der Waals surface area contributed by atoms with Crippen LogP contribution >= 0.6 is 11.6 Å². The summed E-state index contributed by atoms with van der Waals surface area (Å²) in [6.45, 7) is 7.30. The van der Waals surface area contributed by atoms with Gasteiger partial charge in [-0.2, -0.15) is 0 Å². The lowest BCUT2D eigenvalue weighted by Gasteiger charge is -2.27. The van der Waals surface area contributed by atoms with Gasteiger partial charge in [0.05, 0.1) is 12.5 Å². The molecule has 2 rings (SSSR count). The first-order chi connectivity index (χ1) is 11.8. The van der Waals surface area contributed by atoms with E-state index in [4.69, 9.17) is 16.3 Å². The second-order valence-electron chi connectivity index (χ2n) is 6.11. The number of hydrogen-bond donors (Lipinski definition) is 1. The molecule has 0 spiro atoms. The second kappa shape index (κ2) is 8.16. The van der Waals surface area contributed by atoms with E-state index in [1.54, 1.807) is 24.3 Å². The predicted octanol–water partition coefficient (Wildman–Crippen LogP) is 3.08. The van der Waals surface area contributed by atoms with E-state index in [2.05, 4.69) is 11.9 Å². The zero-order chi connectivity index (χ0) is 18.6.